The van der Waals surface area contributed by atoms with Crippen LogP contribution in [-0.2, 0) is 5.41 Å². The third-order valence-electron chi connectivity index (χ3n) is 7.55. The summed E-state index contributed by atoms with van der Waals surface area (Å²) in [7, 11) is 0. The number of carbonyl (C=O) groups is 2. The highest BCUT2D eigenvalue weighted by Gasteiger charge is 2.22. The maximum absolute atomic E-state index is 13.0. The van der Waals surface area contributed by atoms with E-state index in [4.69, 9.17) is 0 Å². The highest BCUT2D eigenvalue weighted by atomic mass is 16.3. The van der Waals surface area contributed by atoms with E-state index >= 15 is 0 Å². The topological polar surface area (TPSA) is 120 Å². The molecule has 3 aromatic carbocycles. The van der Waals surface area contributed by atoms with Crippen molar-refractivity contribution in [2.75, 3.05) is 23.7 Å². The number of benzene rings is 3. The summed E-state index contributed by atoms with van der Waals surface area (Å²) in [6.07, 6.45) is 2.32. The van der Waals surface area contributed by atoms with Crippen molar-refractivity contribution in [2.45, 2.75) is 52.1 Å². The maximum Gasteiger partial charge on any atom is 0.255 e. The van der Waals surface area contributed by atoms with E-state index in [0.29, 0.717) is 54.5 Å². The van der Waals surface area contributed by atoms with Crippen LogP contribution in [0.2, 0.25) is 0 Å². The quantitative estimate of drug-likeness (QED) is 0.273. The second-order valence-corrected chi connectivity index (χ2v) is 11.6. The second-order valence-electron chi connectivity index (χ2n) is 11.6. The maximum atomic E-state index is 13.0. The molecule has 1 aliphatic heterocycles. The van der Waals surface area contributed by atoms with Crippen LogP contribution in [-0.4, -0.2) is 56.0 Å². The lowest BCUT2D eigenvalue weighted by molar-refractivity contribution is 0.0546. The third-order valence-corrected chi connectivity index (χ3v) is 7.55. The number of aliphatic hydroxyl groups is 1. The Hall–Kier alpha value is -4.63. The Morgan fingerprint density at radius 3 is 2.24 bits per heavy atom. The average molecular weight is 565 g/mol. The number of hydrogen-bond acceptors (Lipinski definition) is 7. The average Bonchev–Trinajstić information content (AvgIpc) is 2.98. The van der Waals surface area contributed by atoms with Gasteiger partial charge in [-0.05, 0) is 78.8 Å². The van der Waals surface area contributed by atoms with E-state index in [1.165, 1.54) is 11.9 Å². The lowest BCUT2D eigenvalue weighted by atomic mass is 9.86. The lowest BCUT2D eigenvalue weighted by Crippen LogP contribution is -2.40. The van der Waals surface area contributed by atoms with Crippen LogP contribution in [0.15, 0.2) is 73.1 Å². The Morgan fingerprint density at radius 2 is 1.57 bits per heavy atom. The normalized spacial score (nSPS) is 14.0. The molecule has 9 nitrogen and oxygen atoms in total. The second kappa shape index (κ2) is 12.1. The minimum Gasteiger partial charge on any atom is -0.393 e. The highest BCUT2D eigenvalue weighted by molar-refractivity contribution is 6.05. The molecule has 5 rings (SSSR count). The zero-order valence-corrected chi connectivity index (χ0v) is 24.4. The van der Waals surface area contributed by atoms with E-state index in [0.717, 1.165) is 16.8 Å². The van der Waals surface area contributed by atoms with E-state index in [9.17, 15) is 14.7 Å². The van der Waals surface area contributed by atoms with Crippen molar-refractivity contribution in [1.82, 2.24) is 19.9 Å². The molecule has 0 spiro atoms. The van der Waals surface area contributed by atoms with Crippen molar-refractivity contribution < 1.29 is 14.7 Å². The Morgan fingerprint density at radius 1 is 0.905 bits per heavy atom. The Labute approximate surface area is 246 Å². The molecule has 2 amide bonds. The molecule has 0 saturated carbocycles. The highest BCUT2D eigenvalue weighted by Crippen LogP contribution is 2.28. The number of likely N-dealkylation sites (tertiary alicyclic amines) is 1. The predicted molar refractivity (Wildman–Crippen MR) is 164 cm³/mol. The fraction of sp³-hybridized carbons (Fsp3) is 0.303. The Kier molecular flexibility index (Phi) is 8.31. The number of anilines is 3. The number of rotatable bonds is 6. The van der Waals surface area contributed by atoms with Crippen LogP contribution in [0.3, 0.4) is 0 Å². The van der Waals surface area contributed by atoms with Crippen molar-refractivity contribution in [3.63, 3.8) is 0 Å². The summed E-state index contributed by atoms with van der Waals surface area (Å²) in [5.41, 5.74) is 5.37. The molecule has 1 saturated heterocycles. The largest absolute Gasteiger partial charge is 0.393 e. The van der Waals surface area contributed by atoms with Gasteiger partial charge in [0.05, 0.1) is 6.10 Å². The minimum atomic E-state index is -0.327. The first-order chi connectivity index (χ1) is 20.1. The van der Waals surface area contributed by atoms with E-state index in [-0.39, 0.29) is 23.3 Å². The number of piperidine rings is 1. The number of amides is 2. The molecule has 4 aromatic rings. The summed E-state index contributed by atoms with van der Waals surface area (Å²) >= 11 is 0. The molecule has 9 heteroatoms. The first kappa shape index (κ1) is 28.9. The molecule has 3 N–H and O–H groups in total. The Balaban J connectivity index is 1.28. The van der Waals surface area contributed by atoms with E-state index in [2.05, 4.69) is 46.4 Å². The summed E-state index contributed by atoms with van der Waals surface area (Å²) in [6.45, 7) is 9.46. The molecule has 1 fully saturated rings. The van der Waals surface area contributed by atoms with Gasteiger partial charge in [-0.1, -0.05) is 45.0 Å². The van der Waals surface area contributed by atoms with Crippen LogP contribution in [0.5, 0.6) is 0 Å². The SMILES string of the molecule is Cc1c(NC(=O)c2ccc(C(C)(C)C)cc2)cccc1-c1ncnc(Nc2ccc(C(=O)N3CCC(O)CC3)cc2)n1. The molecule has 1 aliphatic rings. The molecule has 42 heavy (non-hydrogen) atoms. The molecule has 2 heterocycles. The number of aromatic nitrogens is 3. The standard InChI is InChI=1S/C33H36N6O3/c1-21-27(6-5-7-28(21)37-30(41)22-8-12-24(13-9-22)33(2,3)4)29-34-20-35-32(38-29)36-25-14-10-23(11-15-25)31(42)39-18-16-26(40)17-19-39/h5-15,20,26,40H,16-19H2,1-4H3,(H,37,41)(H,34,35,36,38). The number of nitrogens with zero attached hydrogens (tertiary/aromatic N) is 4. The summed E-state index contributed by atoms with van der Waals surface area (Å²) < 4.78 is 0. The number of carbonyl (C=O) groups excluding carboxylic acids is 2. The molecule has 0 unspecified atom stereocenters. The fourth-order valence-electron chi connectivity index (χ4n) is 4.89. The molecule has 0 radical (unpaired) electrons. The van der Waals surface area contributed by atoms with Crippen LogP contribution in [0.25, 0.3) is 11.4 Å². The summed E-state index contributed by atoms with van der Waals surface area (Å²) in [5.74, 6) is 0.598. The van der Waals surface area contributed by atoms with E-state index in [1.54, 1.807) is 17.0 Å². The van der Waals surface area contributed by atoms with Gasteiger partial charge in [0.25, 0.3) is 11.8 Å². The van der Waals surface area contributed by atoms with Crippen molar-refractivity contribution in [3.05, 3.63) is 95.3 Å². The summed E-state index contributed by atoms with van der Waals surface area (Å²) in [4.78, 5) is 40.8. The fourth-order valence-corrected chi connectivity index (χ4v) is 4.89. The van der Waals surface area contributed by atoms with Gasteiger partial charge in [-0.25, -0.2) is 9.97 Å². The van der Waals surface area contributed by atoms with Crippen molar-refractivity contribution in [1.29, 1.82) is 0 Å². The van der Waals surface area contributed by atoms with Crippen molar-refractivity contribution in [2.24, 2.45) is 0 Å². The number of nitrogens with one attached hydrogen (secondary N) is 2. The monoisotopic (exact) mass is 564 g/mol. The van der Waals surface area contributed by atoms with Gasteiger partial charge in [-0.15, -0.1) is 0 Å². The number of hydrogen-bond donors (Lipinski definition) is 3. The van der Waals surface area contributed by atoms with Crippen LogP contribution in [0.1, 0.15) is 65.5 Å². The van der Waals surface area contributed by atoms with Gasteiger partial charge in [0.2, 0.25) is 5.95 Å². The first-order valence-corrected chi connectivity index (χ1v) is 14.1. The van der Waals surface area contributed by atoms with E-state index in [1.807, 2.05) is 61.5 Å². The van der Waals surface area contributed by atoms with Gasteiger partial charge in [-0.3, -0.25) is 9.59 Å². The van der Waals surface area contributed by atoms with Crippen LogP contribution >= 0.6 is 0 Å². The predicted octanol–water partition coefficient (Wildman–Crippen LogP) is 5.74. The molecular formula is C33H36N6O3. The van der Waals surface area contributed by atoms with Crippen LogP contribution in [0.4, 0.5) is 17.3 Å². The molecule has 1 aromatic heterocycles. The zero-order valence-electron chi connectivity index (χ0n) is 24.4. The number of aliphatic hydroxyl groups excluding tert-OH is 1. The molecule has 0 bridgehead atoms. The smallest absolute Gasteiger partial charge is 0.255 e. The van der Waals surface area contributed by atoms with E-state index < -0.39 is 0 Å². The Bertz CT molecular complexity index is 1570. The summed E-state index contributed by atoms with van der Waals surface area (Å²) in [6, 6.07) is 20.5. The van der Waals surface area contributed by atoms with Gasteiger partial charge in [0.15, 0.2) is 5.82 Å². The van der Waals surface area contributed by atoms with Crippen molar-refractivity contribution in [3.8, 4) is 11.4 Å². The lowest BCUT2D eigenvalue weighted by Gasteiger charge is -2.29. The zero-order chi connectivity index (χ0) is 29.9. The van der Waals surface area contributed by atoms with Crippen LogP contribution in [0, 0.1) is 6.92 Å². The molecule has 0 aliphatic carbocycles. The van der Waals surface area contributed by atoms with Crippen LogP contribution < -0.4 is 10.6 Å². The molecule has 216 valence electrons. The van der Waals surface area contributed by atoms with Gasteiger partial charge in [0.1, 0.15) is 6.33 Å². The first-order valence-electron chi connectivity index (χ1n) is 14.1. The van der Waals surface area contributed by atoms with Gasteiger partial charge >= 0.3 is 0 Å². The van der Waals surface area contributed by atoms with Gasteiger partial charge in [0, 0.05) is 41.2 Å². The summed E-state index contributed by atoms with van der Waals surface area (Å²) in [5, 5.41) is 15.9. The van der Waals surface area contributed by atoms with Gasteiger partial charge < -0.3 is 20.6 Å². The molecular weight excluding hydrogens is 528 g/mol. The van der Waals surface area contributed by atoms with Gasteiger partial charge in [-0.2, -0.15) is 4.98 Å². The molecule has 0 atom stereocenters. The minimum absolute atomic E-state index is 0.0134. The third kappa shape index (κ3) is 6.63. The van der Waals surface area contributed by atoms with Crippen molar-refractivity contribution >= 4 is 29.1 Å².